The molecular weight excluding hydrogens is 152 g/mol. The maximum absolute atomic E-state index is 10.8. The van der Waals surface area contributed by atoms with Gasteiger partial charge in [0.15, 0.2) is 0 Å². The van der Waals surface area contributed by atoms with Gasteiger partial charge >= 0.3 is 4.87 Å². The molecule has 1 aromatic rings. The lowest BCUT2D eigenvalue weighted by Gasteiger charge is -1.84. The minimum atomic E-state index is -0.153. The van der Waals surface area contributed by atoms with E-state index in [0.29, 0.717) is 11.4 Å². The molecule has 0 saturated heterocycles. The highest BCUT2D eigenvalue weighted by Gasteiger charge is 2.21. The highest BCUT2D eigenvalue weighted by Crippen LogP contribution is 2.13. The SMILES string of the molecule is O=C1NCc2[nH]c(=O)sc21. The standard InChI is InChI=1S/C5H4N2O2S/c8-4-3-2(1-6-4)7-5(9)10-3/h1H2,(H,6,8)(H,7,9). The van der Waals surface area contributed by atoms with Crippen LogP contribution in [0.4, 0.5) is 0 Å². The van der Waals surface area contributed by atoms with Crippen LogP contribution in [-0.4, -0.2) is 10.9 Å². The van der Waals surface area contributed by atoms with Gasteiger partial charge in [0.25, 0.3) is 5.91 Å². The molecule has 0 fully saturated rings. The molecule has 2 heterocycles. The Labute approximate surface area is 59.9 Å². The van der Waals surface area contributed by atoms with Gasteiger partial charge in [-0.05, 0) is 0 Å². The van der Waals surface area contributed by atoms with E-state index >= 15 is 0 Å². The first-order valence-electron chi connectivity index (χ1n) is 2.77. The van der Waals surface area contributed by atoms with Gasteiger partial charge in [0, 0.05) is 0 Å². The monoisotopic (exact) mass is 156 g/mol. The van der Waals surface area contributed by atoms with Gasteiger partial charge in [-0.2, -0.15) is 0 Å². The van der Waals surface area contributed by atoms with Crippen LogP contribution in [0.25, 0.3) is 0 Å². The average molecular weight is 156 g/mol. The van der Waals surface area contributed by atoms with Gasteiger partial charge in [0.05, 0.1) is 12.2 Å². The van der Waals surface area contributed by atoms with Gasteiger partial charge in [0.1, 0.15) is 4.88 Å². The number of aromatic nitrogens is 1. The van der Waals surface area contributed by atoms with Crippen LogP contribution >= 0.6 is 11.3 Å². The molecule has 0 unspecified atom stereocenters. The molecule has 0 atom stereocenters. The molecule has 2 rings (SSSR count). The summed E-state index contributed by atoms with van der Waals surface area (Å²) in [5, 5.41) is 2.59. The van der Waals surface area contributed by atoms with Crippen molar-refractivity contribution < 1.29 is 4.79 Å². The summed E-state index contributed by atoms with van der Waals surface area (Å²) in [6.07, 6.45) is 0. The molecule has 0 aliphatic carbocycles. The van der Waals surface area contributed by atoms with Gasteiger partial charge in [-0.15, -0.1) is 0 Å². The molecule has 0 radical (unpaired) electrons. The van der Waals surface area contributed by atoms with E-state index in [1.807, 2.05) is 0 Å². The van der Waals surface area contributed by atoms with Crippen molar-refractivity contribution in [3.8, 4) is 0 Å². The van der Waals surface area contributed by atoms with Crippen molar-refractivity contribution in [2.24, 2.45) is 0 Å². The Morgan fingerprint density at radius 3 is 2.90 bits per heavy atom. The molecule has 52 valence electrons. The van der Waals surface area contributed by atoms with Crippen LogP contribution in [0.2, 0.25) is 0 Å². The van der Waals surface area contributed by atoms with Gasteiger partial charge in [0.2, 0.25) is 0 Å². The van der Waals surface area contributed by atoms with Crippen molar-refractivity contribution in [2.45, 2.75) is 6.54 Å². The number of hydrogen-bond donors (Lipinski definition) is 2. The van der Waals surface area contributed by atoms with Crippen LogP contribution in [0.15, 0.2) is 4.79 Å². The molecule has 0 bridgehead atoms. The van der Waals surface area contributed by atoms with E-state index in [-0.39, 0.29) is 10.8 Å². The molecule has 5 heteroatoms. The number of hydrogen-bond acceptors (Lipinski definition) is 3. The van der Waals surface area contributed by atoms with Crippen LogP contribution in [-0.2, 0) is 6.54 Å². The van der Waals surface area contributed by atoms with Gasteiger partial charge < -0.3 is 10.3 Å². The lowest BCUT2D eigenvalue weighted by atomic mass is 10.4. The molecule has 0 aromatic carbocycles. The highest BCUT2D eigenvalue weighted by atomic mass is 32.1. The molecule has 0 saturated carbocycles. The van der Waals surface area contributed by atoms with Crippen LogP contribution < -0.4 is 10.2 Å². The molecule has 1 aromatic heterocycles. The third-order valence-corrected chi connectivity index (χ3v) is 2.28. The zero-order valence-electron chi connectivity index (χ0n) is 4.93. The van der Waals surface area contributed by atoms with E-state index in [1.54, 1.807) is 0 Å². The Morgan fingerprint density at radius 2 is 2.20 bits per heavy atom. The number of carbonyl (C=O) groups excluding carboxylic acids is 1. The second-order valence-electron chi connectivity index (χ2n) is 2.00. The molecular formula is C5H4N2O2S. The molecule has 0 spiro atoms. The Kier molecular flexibility index (Phi) is 0.960. The Bertz CT molecular complexity index is 338. The summed E-state index contributed by atoms with van der Waals surface area (Å²) < 4.78 is 0. The molecule has 10 heavy (non-hydrogen) atoms. The zero-order chi connectivity index (χ0) is 7.14. The third-order valence-electron chi connectivity index (χ3n) is 1.35. The van der Waals surface area contributed by atoms with Crippen molar-refractivity contribution >= 4 is 17.2 Å². The second kappa shape index (κ2) is 1.69. The average Bonchev–Trinajstić information content (AvgIpc) is 2.35. The van der Waals surface area contributed by atoms with Crippen molar-refractivity contribution in [1.29, 1.82) is 0 Å². The van der Waals surface area contributed by atoms with E-state index in [2.05, 4.69) is 10.3 Å². The maximum atomic E-state index is 10.8. The van der Waals surface area contributed by atoms with Crippen LogP contribution in [0.5, 0.6) is 0 Å². The minimum Gasteiger partial charge on any atom is -0.346 e. The molecule has 2 N–H and O–H groups in total. The Hall–Kier alpha value is -1.10. The number of fused-ring (bicyclic) bond motifs is 1. The number of rotatable bonds is 0. The molecule has 1 amide bonds. The van der Waals surface area contributed by atoms with E-state index in [4.69, 9.17) is 0 Å². The van der Waals surface area contributed by atoms with Crippen molar-refractivity contribution in [3.05, 3.63) is 20.2 Å². The lowest BCUT2D eigenvalue weighted by Crippen LogP contribution is -2.13. The summed E-state index contributed by atoms with van der Waals surface area (Å²) in [6, 6.07) is 0. The molecule has 1 aliphatic rings. The largest absolute Gasteiger partial charge is 0.346 e. The van der Waals surface area contributed by atoms with E-state index in [1.165, 1.54) is 0 Å². The minimum absolute atomic E-state index is 0.140. The number of carbonyl (C=O) groups is 1. The Morgan fingerprint density at radius 1 is 1.40 bits per heavy atom. The predicted octanol–water partition coefficient (Wildman–Crippen LogP) is -0.320. The van der Waals surface area contributed by atoms with Crippen molar-refractivity contribution in [1.82, 2.24) is 10.3 Å². The summed E-state index contributed by atoms with van der Waals surface area (Å²) in [4.78, 5) is 24.4. The normalized spacial score (nSPS) is 15.0. The fourth-order valence-corrected chi connectivity index (χ4v) is 1.69. The number of H-pyrrole nitrogens is 1. The summed E-state index contributed by atoms with van der Waals surface area (Å²) in [5.41, 5.74) is 0.722. The molecule has 4 nitrogen and oxygen atoms in total. The van der Waals surface area contributed by atoms with Gasteiger partial charge in [-0.25, -0.2) is 0 Å². The van der Waals surface area contributed by atoms with Crippen molar-refractivity contribution in [3.63, 3.8) is 0 Å². The third kappa shape index (κ3) is 0.607. The first-order chi connectivity index (χ1) is 4.77. The van der Waals surface area contributed by atoms with Gasteiger partial charge in [-0.3, -0.25) is 9.59 Å². The fourth-order valence-electron chi connectivity index (χ4n) is 0.917. The summed E-state index contributed by atoms with van der Waals surface area (Å²) in [6.45, 7) is 0.465. The van der Waals surface area contributed by atoms with E-state index < -0.39 is 0 Å². The summed E-state index contributed by atoms with van der Waals surface area (Å²) in [7, 11) is 0. The quantitative estimate of drug-likeness (QED) is 0.540. The summed E-state index contributed by atoms with van der Waals surface area (Å²) >= 11 is 0.962. The molecule has 1 aliphatic heterocycles. The smallest absolute Gasteiger partial charge is 0.305 e. The zero-order valence-corrected chi connectivity index (χ0v) is 5.75. The first-order valence-corrected chi connectivity index (χ1v) is 3.59. The maximum Gasteiger partial charge on any atom is 0.305 e. The van der Waals surface area contributed by atoms with E-state index in [9.17, 15) is 9.59 Å². The lowest BCUT2D eigenvalue weighted by molar-refractivity contribution is 0.0969. The number of thiazole rings is 1. The first kappa shape index (κ1) is 5.67. The number of nitrogens with one attached hydrogen (secondary N) is 2. The van der Waals surface area contributed by atoms with Gasteiger partial charge in [-0.1, -0.05) is 11.3 Å². The second-order valence-corrected chi connectivity index (χ2v) is 2.99. The topological polar surface area (TPSA) is 62.0 Å². The predicted molar refractivity (Wildman–Crippen MR) is 36.1 cm³/mol. The van der Waals surface area contributed by atoms with Crippen LogP contribution in [0.3, 0.4) is 0 Å². The number of aromatic amines is 1. The number of amides is 1. The van der Waals surface area contributed by atoms with Crippen molar-refractivity contribution in [2.75, 3.05) is 0 Å². The fraction of sp³-hybridized carbons (Fsp3) is 0.200. The Balaban J connectivity index is 2.69. The van der Waals surface area contributed by atoms with Crippen LogP contribution in [0, 0.1) is 0 Å². The van der Waals surface area contributed by atoms with E-state index in [0.717, 1.165) is 17.0 Å². The highest BCUT2D eigenvalue weighted by molar-refractivity contribution is 7.11. The summed E-state index contributed by atoms with van der Waals surface area (Å²) in [5.74, 6) is -0.140. The van der Waals surface area contributed by atoms with Crippen LogP contribution in [0.1, 0.15) is 15.4 Å².